The van der Waals surface area contributed by atoms with Gasteiger partial charge in [-0.2, -0.15) is 9.57 Å². The monoisotopic (exact) mass is 1090 g/mol. The Morgan fingerprint density at radius 3 is 1.78 bits per heavy atom. The van der Waals surface area contributed by atoms with Gasteiger partial charge in [0.2, 0.25) is 10.0 Å². The van der Waals surface area contributed by atoms with E-state index in [1.807, 2.05) is 30.3 Å². The van der Waals surface area contributed by atoms with Gasteiger partial charge < -0.3 is 68.8 Å². The maximum atomic E-state index is 13.8. The molecule has 22 heteroatoms. The molecule has 4 aromatic rings. The molecule has 1 saturated heterocycles. The minimum Gasteiger partial charge on any atom is -0.481 e. The highest BCUT2D eigenvalue weighted by atomic mass is 32.2. The van der Waals surface area contributed by atoms with Crippen LogP contribution in [0.15, 0.2) is 82.7 Å². The number of aliphatic carboxylic acids is 1. The molecule has 21 nitrogen and oxygen atoms in total. The zero-order valence-corrected chi connectivity index (χ0v) is 45.4. The van der Waals surface area contributed by atoms with Crippen LogP contribution in [0.1, 0.15) is 43.7 Å². The van der Waals surface area contributed by atoms with E-state index in [0.717, 1.165) is 53.3 Å². The number of carboxylic acid groups (broad SMARTS) is 1. The van der Waals surface area contributed by atoms with Crippen LogP contribution in [-0.2, 0) is 68.6 Å². The number of nitrogens with one attached hydrogen (secondary N) is 2. The molecule has 0 radical (unpaired) electrons. The number of aliphatic imine (C=N–C) groups is 1. The lowest BCUT2D eigenvalue weighted by Gasteiger charge is -2.38. The van der Waals surface area contributed by atoms with Gasteiger partial charge in [0.1, 0.15) is 5.82 Å². The number of benzene rings is 3. The number of rotatable bonds is 43. The summed E-state index contributed by atoms with van der Waals surface area (Å²) in [5, 5.41) is 25.6. The highest BCUT2D eigenvalue weighted by Crippen LogP contribution is 2.31. The SMILES string of the molecule is CCCCCc1cc2ccc(-c3cccc(S(=O)(=O)N4CC(CN/C(=N\CCOCCOCCOCCOCCOCCOCCOCCOCCOCCOCCC(=O)O)Nc5cccc(C#N)c5)C4)c3)cc2nc1N. The smallest absolute Gasteiger partial charge is 0.305 e. The van der Waals surface area contributed by atoms with E-state index in [0.29, 0.717) is 175 Å². The molecule has 424 valence electrons. The quantitative estimate of drug-likeness (QED) is 0.0245. The molecular formula is C55H79N7O14S. The van der Waals surface area contributed by atoms with Crippen LogP contribution in [0, 0.1) is 17.2 Å². The highest BCUT2D eigenvalue weighted by Gasteiger charge is 2.36. The predicted molar refractivity (Wildman–Crippen MR) is 293 cm³/mol. The second-order valence-electron chi connectivity index (χ2n) is 17.8. The van der Waals surface area contributed by atoms with E-state index in [-0.39, 0.29) is 23.8 Å². The molecule has 0 atom stereocenters. The lowest BCUT2D eigenvalue weighted by atomic mass is 10.0. The number of aryl methyl sites for hydroxylation is 1. The van der Waals surface area contributed by atoms with E-state index >= 15 is 0 Å². The number of nitriles is 1. The van der Waals surface area contributed by atoms with Crippen molar-refractivity contribution in [3.63, 3.8) is 0 Å². The van der Waals surface area contributed by atoms with Crippen LogP contribution < -0.4 is 16.4 Å². The second kappa shape index (κ2) is 37.4. The summed E-state index contributed by atoms with van der Waals surface area (Å²) in [5.74, 6) is 0.187. The average Bonchev–Trinajstić information content (AvgIpc) is 3.43. The third-order valence-electron chi connectivity index (χ3n) is 11.8. The van der Waals surface area contributed by atoms with Crippen molar-refractivity contribution in [1.29, 1.82) is 5.26 Å². The third kappa shape index (κ3) is 24.9. The highest BCUT2D eigenvalue weighted by molar-refractivity contribution is 7.89. The van der Waals surface area contributed by atoms with E-state index < -0.39 is 16.0 Å². The number of ether oxygens (including phenoxy) is 10. The third-order valence-corrected chi connectivity index (χ3v) is 13.7. The number of unbranched alkanes of at least 4 members (excludes halogenated alkanes) is 2. The number of guanidine groups is 1. The number of sulfonamides is 1. The number of nitrogen functional groups attached to an aromatic ring is 1. The number of nitrogens with two attached hydrogens (primary N) is 1. The zero-order valence-electron chi connectivity index (χ0n) is 44.5. The molecule has 1 aliphatic heterocycles. The maximum Gasteiger partial charge on any atom is 0.305 e. The zero-order chi connectivity index (χ0) is 54.6. The molecule has 0 aliphatic carbocycles. The Hall–Kier alpha value is -5.39. The number of carbonyl (C=O) groups is 1. The number of aromatic nitrogens is 1. The number of nitrogens with zero attached hydrogens (tertiary/aromatic N) is 4. The minimum atomic E-state index is -3.74. The summed E-state index contributed by atoms with van der Waals surface area (Å²) < 4.78 is 84.0. The first-order chi connectivity index (χ1) is 37.7. The number of pyridine rings is 1. The Morgan fingerprint density at radius 2 is 1.23 bits per heavy atom. The number of fused-ring (bicyclic) bond motifs is 1. The molecule has 1 aliphatic rings. The van der Waals surface area contributed by atoms with Crippen LogP contribution in [-0.4, -0.2) is 193 Å². The molecule has 0 bridgehead atoms. The maximum absolute atomic E-state index is 13.8. The summed E-state index contributed by atoms with van der Waals surface area (Å²) in [6.07, 6.45) is 4.22. The predicted octanol–water partition coefficient (Wildman–Crippen LogP) is 5.41. The van der Waals surface area contributed by atoms with Gasteiger partial charge in [-0.3, -0.25) is 9.79 Å². The molecule has 0 amide bonds. The molecule has 0 spiro atoms. The van der Waals surface area contributed by atoms with Crippen LogP contribution in [0.25, 0.3) is 22.0 Å². The van der Waals surface area contributed by atoms with Gasteiger partial charge in [0.25, 0.3) is 0 Å². The van der Waals surface area contributed by atoms with E-state index in [4.69, 9.17) is 63.2 Å². The van der Waals surface area contributed by atoms with E-state index in [1.54, 1.807) is 36.4 Å². The standard InChI is InChI=1S/C55H79N7O14S/c1-2-3-4-8-49-37-48-13-12-47(39-52(48)61-54(49)57)46-9-6-11-51(38-46)77(65,66)62-42-45(43-62)41-59-55(60-50-10-5-7-44(36-50)40-56)58-15-17-68-19-21-70-23-25-72-27-29-74-31-33-76-35-34-75-32-30-73-28-26-71-24-22-69-20-18-67-16-14-53(63)64/h5-7,9-13,36-39,45H,2-4,8,14-35,41-43H2,1H3,(H2,57,61)(H,63,64)(H2,58,59,60). The number of anilines is 2. The first kappa shape index (κ1) is 62.5. The molecule has 0 unspecified atom stereocenters. The summed E-state index contributed by atoms with van der Waals surface area (Å²) >= 11 is 0. The van der Waals surface area contributed by atoms with Crippen LogP contribution in [0.3, 0.4) is 0 Å². The first-order valence-corrected chi connectivity index (χ1v) is 27.9. The normalized spacial score (nSPS) is 13.2. The lowest BCUT2D eigenvalue weighted by molar-refractivity contribution is -0.138. The van der Waals surface area contributed by atoms with Crippen molar-refractivity contribution in [3.05, 3.63) is 83.9 Å². The van der Waals surface area contributed by atoms with Gasteiger partial charge in [-0.1, -0.05) is 50.1 Å². The molecule has 5 N–H and O–H groups in total. The Kier molecular flexibility index (Phi) is 30.4. The summed E-state index contributed by atoms with van der Waals surface area (Å²) in [5.41, 5.74) is 11.0. The van der Waals surface area contributed by atoms with Gasteiger partial charge in [0.15, 0.2) is 5.96 Å². The number of carboxylic acids is 1. The number of hydrogen-bond acceptors (Lipinski definition) is 17. The minimum absolute atomic E-state index is 0.0163. The molecule has 5 rings (SSSR count). The van der Waals surface area contributed by atoms with Crippen molar-refractivity contribution in [2.24, 2.45) is 10.9 Å². The van der Waals surface area contributed by atoms with Crippen molar-refractivity contribution in [2.45, 2.75) is 43.9 Å². The Morgan fingerprint density at radius 1 is 0.701 bits per heavy atom. The Labute approximate surface area is 453 Å². The molecule has 2 heterocycles. The van der Waals surface area contributed by atoms with Gasteiger partial charge in [0.05, 0.1) is 167 Å². The van der Waals surface area contributed by atoms with Crippen molar-refractivity contribution in [2.75, 3.05) is 169 Å². The fourth-order valence-electron chi connectivity index (χ4n) is 7.65. The Balaban J connectivity index is 0.869. The fraction of sp³-hybridized carbons (Fsp3) is 0.564. The van der Waals surface area contributed by atoms with Crippen molar-refractivity contribution in [3.8, 4) is 17.2 Å². The van der Waals surface area contributed by atoms with Crippen molar-refractivity contribution in [1.82, 2.24) is 14.6 Å². The van der Waals surface area contributed by atoms with E-state index in [2.05, 4.69) is 34.7 Å². The largest absolute Gasteiger partial charge is 0.481 e. The van der Waals surface area contributed by atoms with Gasteiger partial charge >= 0.3 is 5.97 Å². The van der Waals surface area contributed by atoms with Crippen LogP contribution in [0.4, 0.5) is 11.5 Å². The van der Waals surface area contributed by atoms with Crippen LogP contribution in [0.5, 0.6) is 0 Å². The molecule has 77 heavy (non-hydrogen) atoms. The summed E-state index contributed by atoms with van der Waals surface area (Å²) in [7, 11) is -3.74. The molecule has 3 aromatic carbocycles. The van der Waals surface area contributed by atoms with Crippen LogP contribution in [0.2, 0.25) is 0 Å². The fourth-order valence-corrected chi connectivity index (χ4v) is 9.29. The van der Waals surface area contributed by atoms with Crippen molar-refractivity contribution < 1.29 is 65.7 Å². The molecule has 1 aromatic heterocycles. The van der Waals surface area contributed by atoms with Gasteiger partial charge in [-0.25, -0.2) is 13.4 Å². The van der Waals surface area contributed by atoms with Crippen molar-refractivity contribution >= 4 is 44.4 Å². The van der Waals surface area contributed by atoms with Gasteiger partial charge in [-0.05, 0) is 72.0 Å². The number of hydrogen-bond donors (Lipinski definition) is 4. The molecule has 1 fully saturated rings. The van der Waals surface area contributed by atoms with E-state index in [1.165, 1.54) is 4.31 Å². The van der Waals surface area contributed by atoms with Gasteiger partial charge in [-0.15, -0.1) is 0 Å². The van der Waals surface area contributed by atoms with Gasteiger partial charge in [0, 0.05) is 36.6 Å². The summed E-state index contributed by atoms with van der Waals surface area (Å²) in [4.78, 5) is 20.0. The van der Waals surface area contributed by atoms with E-state index in [9.17, 15) is 18.5 Å². The second-order valence-corrected chi connectivity index (χ2v) is 19.7. The average molecular weight is 1090 g/mol. The summed E-state index contributed by atoms with van der Waals surface area (Å²) in [6.45, 7) is 12.0. The summed E-state index contributed by atoms with van der Waals surface area (Å²) in [6, 6.07) is 24.4. The Bertz CT molecular complexity index is 2490. The van der Waals surface area contributed by atoms with Crippen LogP contribution >= 0.6 is 0 Å². The lowest BCUT2D eigenvalue weighted by Crippen LogP contribution is -2.54. The molecular weight excluding hydrogens is 1010 g/mol. The topological polar surface area (TPSA) is 266 Å². The molecule has 0 saturated carbocycles. The first-order valence-electron chi connectivity index (χ1n) is 26.5.